The zero-order valence-corrected chi connectivity index (χ0v) is 16.1. The molecule has 2 aromatic rings. The molecule has 0 aliphatic heterocycles. The summed E-state index contributed by atoms with van der Waals surface area (Å²) in [5.41, 5.74) is 2.75. The molecule has 0 saturated heterocycles. The first-order valence-electron chi connectivity index (χ1n) is 8.08. The molecule has 0 bridgehead atoms. The van der Waals surface area contributed by atoms with Gasteiger partial charge in [-0.2, -0.15) is 0 Å². The fourth-order valence-electron chi connectivity index (χ4n) is 2.90. The number of hydrogen-bond donors (Lipinski definition) is 2. The van der Waals surface area contributed by atoms with Crippen LogP contribution in [0.15, 0.2) is 52.3 Å². The largest absolute Gasteiger partial charge is 0.280 e. The fourth-order valence-corrected chi connectivity index (χ4v) is 5.12. The van der Waals surface area contributed by atoms with Crippen molar-refractivity contribution in [1.29, 1.82) is 0 Å². The molecule has 0 heterocycles. The van der Waals surface area contributed by atoms with Crippen LogP contribution in [0.4, 0.5) is 5.69 Å². The summed E-state index contributed by atoms with van der Waals surface area (Å²) in [5.74, 6) is 0. The first-order valence-corrected chi connectivity index (χ1v) is 11.0. The maximum atomic E-state index is 12.7. The molecule has 138 valence electrons. The number of hydrogen-bond acceptors (Lipinski definition) is 4. The summed E-state index contributed by atoms with van der Waals surface area (Å²) < 4.78 is 54.4. The molecule has 0 aromatic heterocycles. The zero-order valence-electron chi connectivity index (χ0n) is 14.5. The Morgan fingerprint density at radius 3 is 2.38 bits per heavy atom. The van der Waals surface area contributed by atoms with Gasteiger partial charge in [0.15, 0.2) is 0 Å². The van der Waals surface area contributed by atoms with Gasteiger partial charge in [0, 0.05) is 0 Å². The smallest absolute Gasteiger partial charge is 0.258 e. The van der Waals surface area contributed by atoms with Gasteiger partial charge in [-0.25, -0.2) is 21.6 Å². The summed E-state index contributed by atoms with van der Waals surface area (Å²) >= 11 is 0. The molecule has 2 aromatic carbocycles. The van der Waals surface area contributed by atoms with Gasteiger partial charge < -0.3 is 0 Å². The SMILES string of the molecule is CNS(=O)(=O)c1cc(NS(=O)(=O)C2=Cc3ccccc3CC2)ccc1C. The Kier molecular flexibility index (Phi) is 4.92. The second kappa shape index (κ2) is 6.86. The average Bonchev–Trinajstić information content (AvgIpc) is 2.62. The zero-order chi connectivity index (χ0) is 18.9. The molecule has 6 nitrogen and oxygen atoms in total. The second-order valence-corrected chi connectivity index (χ2v) is 9.69. The number of allylic oxidation sites excluding steroid dienone is 1. The lowest BCUT2D eigenvalue weighted by molar-refractivity contribution is 0.587. The Morgan fingerprint density at radius 2 is 1.65 bits per heavy atom. The number of aryl methyl sites for hydroxylation is 2. The van der Waals surface area contributed by atoms with E-state index < -0.39 is 20.0 Å². The molecule has 0 atom stereocenters. The van der Waals surface area contributed by atoms with E-state index in [4.69, 9.17) is 0 Å². The van der Waals surface area contributed by atoms with E-state index >= 15 is 0 Å². The molecule has 0 amide bonds. The van der Waals surface area contributed by atoms with E-state index in [1.807, 2.05) is 24.3 Å². The number of rotatable bonds is 5. The summed E-state index contributed by atoms with van der Waals surface area (Å²) in [6.45, 7) is 1.66. The highest BCUT2D eigenvalue weighted by molar-refractivity contribution is 7.96. The Balaban J connectivity index is 1.94. The van der Waals surface area contributed by atoms with Gasteiger partial charge in [-0.15, -0.1) is 0 Å². The lowest BCUT2D eigenvalue weighted by Gasteiger charge is -2.18. The number of anilines is 1. The van der Waals surface area contributed by atoms with Crippen molar-refractivity contribution in [2.24, 2.45) is 0 Å². The fraction of sp³-hybridized carbons (Fsp3) is 0.222. The van der Waals surface area contributed by atoms with Gasteiger partial charge in [0.05, 0.1) is 15.5 Å². The third-order valence-corrected chi connectivity index (χ3v) is 7.43. The molecule has 0 fully saturated rings. The summed E-state index contributed by atoms with van der Waals surface area (Å²) in [5, 5.41) is 0. The van der Waals surface area contributed by atoms with Gasteiger partial charge in [0.1, 0.15) is 0 Å². The van der Waals surface area contributed by atoms with E-state index in [1.165, 1.54) is 13.1 Å². The van der Waals surface area contributed by atoms with Gasteiger partial charge >= 0.3 is 0 Å². The van der Waals surface area contributed by atoms with E-state index in [0.717, 1.165) is 11.1 Å². The number of sulfonamides is 2. The molecule has 0 radical (unpaired) electrons. The summed E-state index contributed by atoms with van der Waals surface area (Å²) in [6.07, 6.45) is 2.72. The van der Waals surface area contributed by atoms with E-state index in [2.05, 4.69) is 9.44 Å². The predicted octanol–water partition coefficient (Wildman–Crippen LogP) is 2.63. The maximum Gasteiger partial charge on any atom is 0.258 e. The minimum atomic E-state index is -3.77. The van der Waals surface area contributed by atoms with Crippen LogP contribution >= 0.6 is 0 Å². The molecule has 2 N–H and O–H groups in total. The van der Waals surface area contributed by atoms with Crippen molar-refractivity contribution >= 4 is 31.8 Å². The minimum Gasteiger partial charge on any atom is -0.280 e. The lowest BCUT2D eigenvalue weighted by Crippen LogP contribution is -2.21. The van der Waals surface area contributed by atoms with Crippen LogP contribution in [0.1, 0.15) is 23.1 Å². The van der Waals surface area contributed by atoms with E-state index in [-0.39, 0.29) is 15.5 Å². The Hall–Kier alpha value is -2.16. The molecule has 0 unspecified atom stereocenters. The van der Waals surface area contributed by atoms with Gasteiger partial charge in [-0.1, -0.05) is 30.3 Å². The van der Waals surface area contributed by atoms with E-state index in [0.29, 0.717) is 18.4 Å². The van der Waals surface area contributed by atoms with Crippen LogP contribution in [0.2, 0.25) is 0 Å². The molecule has 3 rings (SSSR count). The third-order valence-electron chi connectivity index (χ3n) is 4.36. The van der Waals surface area contributed by atoms with Crippen molar-refractivity contribution in [3.05, 3.63) is 64.1 Å². The van der Waals surface area contributed by atoms with Crippen LogP contribution in [0, 0.1) is 6.92 Å². The standard InChI is InChI=1S/C18H20N2O4S2/c1-13-7-9-16(12-18(13)26(23,24)19-2)20-25(21,22)17-10-8-14-5-3-4-6-15(14)11-17/h3-7,9,11-12,19-20H,8,10H2,1-2H3. The van der Waals surface area contributed by atoms with Crippen molar-refractivity contribution in [3.63, 3.8) is 0 Å². The monoisotopic (exact) mass is 392 g/mol. The predicted molar refractivity (Wildman–Crippen MR) is 103 cm³/mol. The molecule has 1 aliphatic carbocycles. The molecule has 0 saturated carbocycles. The molecule has 26 heavy (non-hydrogen) atoms. The average molecular weight is 393 g/mol. The summed E-state index contributed by atoms with van der Waals surface area (Å²) in [6, 6.07) is 12.1. The maximum absolute atomic E-state index is 12.7. The molecular formula is C18H20N2O4S2. The first-order chi connectivity index (χ1) is 12.2. The first kappa shape index (κ1) is 18.6. The van der Waals surface area contributed by atoms with Gasteiger partial charge in [-0.3, -0.25) is 4.72 Å². The normalized spacial score (nSPS) is 14.5. The van der Waals surface area contributed by atoms with Crippen LogP contribution < -0.4 is 9.44 Å². The Morgan fingerprint density at radius 1 is 0.923 bits per heavy atom. The summed E-state index contributed by atoms with van der Waals surface area (Å²) in [4.78, 5) is 0.331. The topological polar surface area (TPSA) is 92.3 Å². The van der Waals surface area contributed by atoms with Crippen molar-refractivity contribution in [2.75, 3.05) is 11.8 Å². The summed E-state index contributed by atoms with van der Waals surface area (Å²) in [7, 11) is -6.12. The van der Waals surface area contributed by atoms with Gasteiger partial charge in [0.2, 0.25) is 10.0 Å². The van der Waals surface area contributed by atoms with Crippen LogP contribution in [0.3, 0.4) is 0 Å². The highest BCUT2D eigenvalue weighted by Crippen LogP contribution is 2.29. The Bertz CT molecular complexity index is 1090. The molecule has 0 spiro atoms. The number of nitrogens with one attached hydrogen (secondary N) is 2. The van der Waals surface area contributed by atoms with Crippen LogP contribution in [-0.4, -0.2) is 23.9 Å². The number of benzene rings is 2. The van der Waals surface area contributed by atoms with Crippen molar-refractivity contribution in [1.82, 2.24) is 4.72 Å². The quantitative estimate of drug-likeness (QED) is 0.818. The van der Waals surface area contributed by atoms with Gasteiger partial charge in [0.25, 0.3) is 10.0 Å². The number of fused-ring (bicyclic) bond motifs is 1. The molecule has 1 aliphatic rings. The van der Waals surface area contributed by atoms with Gasteiger partial charge in [-0.05, 0) is 61.7 Å². The van der Waals surface area contributed by atoms with Crippen molar-refractivity contribution in [2.45, 2.75) is 24.7 Å². The lowest BCUT2D eigenvalue weighted by atomic mass is 9.98. The van der Waals surface area contributed by atoms with E-state index in [1.54, 1.807) is 25.1 Å². The highest BCUT2D eigenvalue weighted by atomic mass is 32.2. The van der Waals surface area contributed by atoms with Crippen molar-refractivity contribution in [3.8, 4) is 0 Å². The van der Waals surface area contributed by atoms with Crippen LogP contribution in [-0.2, 0) is 26.5 Å². The molecular weight excluding hydrogens is 372 g/mol. The Labute approximate surface area is 154 Å². The molecule has 8 heteroatoms. The third kappa shape index (κ3) is 3.67. The van der Waals surface area contributed by atoms with Crippen LogP contribution in [0.5, 0.6) is 0 Å². The highest BCUT2D eigenvalue weighted by Gasteiger charge is 2.23. The minimum absolute atomic E-state index is 0.0446. The van der Waals surface area contributed by atoms with Crippen molar-refractivity contribution < 1.29 is 16.8 Å². The van der Waals surface area contributed by atoms with E-state index in [9.17, 15) is 16.8 Å². The van der Waals surface area contributed by atoms with Crippen LogP contribution in [0.25, 0.3) is 6.08 Å². The second-order valence-electron chi connectivity index (χ2n) is 6.10.